The first kappa shape index (κ1) is 20.3. The number of carbonyl (C=O) groups excluding carboxylic acids is 2. The number of methoxy groups -OCH3 is 1. The summed E-state index contributed by atoms with van der Waals surface area (Å²) in [6.45, 7) is 0.434. The van der Waals surface area contributed by atoms with Gasteiger partial charge in [0, 0.05) is 22.6 Å². The van der Waals surface area contributed by atoms with Crippen molar-refractivity contribution in [1.29, 1.82) is 0 Å². The summed E-state index contributed by atoms with van der Waals surface area (Å²) in [5.74, 6) is -1.06. The van der Waals surface area contributed by atoms with Crippen LogP contribution in [0.15, 0.2) is 36.8 Å². The van der Waals surface area contributed by atoms with Crippen LogP contribution in [0.1, 0.15) is 47.0 Å². The molecular weight excluding hydrogens is 450 g/mol. The Balaban J connectivity index is 1.76. The van der Waals surface area contributed by atoms with E-state index in [0.29, 0.717) is 28.4 Å². The van der Waals surface area contributed by atoms with Gasteiger partial charge in [-0.1, -0.05) is 6.07 Å². The Labute approximate surface area is 206 Å². The highest BCUT2D eigenvalue weighted by Crippen LogP contribution is 2.39. The summed E-state index contributed by atoms with van der Waals surface area (Å²) in [7, 11) is 1.45. The van der Waals surface area contributed by atoms with Gasteiger partial charge in [-0.3, -0.25) is 19.6 Å². The summed E-state index contributed by atoms with van der Waals surface area (Å²) < 4.78 is 27.8. The van der Waals surface area contributed by atoms with Crippen molar-refractivity contribution < 1.29 is 23.5 Å². The van der Waals surface area contributed by atoms with Gasteiger partial charge in [-0.15, -0.1) is 5.10 Å². The Morgan fingerprint density at radius 2 is 1.97 bits per heavy atom. The Morgan fingerprint density at radius 3 is 2.60 bits per heavy atom. The zero-order chi connectivity index (χ0) is 27.7. The zero-order valence-electron chi connectivity index (χ0n) is 22.4. The van der Waals surface area contributed by atoms with Gasteiger partial charge >= 0.3 is 0 Å². The summed E-state index contributed by atoms with van der Waals surface area (Å²) >= 11 is 0. The van der Waals surface area contributed by atoms with Gasteiger partial charge in [-0.05, 0) is 38.8 Å². The maximum Gasteiger partial charge on any atom is 0.273 e. The summed E-state index contributed by atoms with van der Waals surface area (Å²) in [5.41, 5.74) is 0.441. The first-order chi connectivity index (χ1) is 17.9. The van der Waals surface area contributed by atoms with Crippen molar-refractivity contribution in [3.05, 3.63) is 48.2 Å². The van der Waals surface area contributed by atoms with E-state index >= 15 is 0 Å². The monoisotopic (exact) mass is 480 g/mol. The predicted molar refractivity (Wildman–Crippen MR) is 129 cm³/mol. The molecule has 4 rings (SSSR count). The lowest BCUT2D eigenvalue weighted by Gasteiger charge is -2.19. The number of aromatic nitrogens is 4. The topological polar surface area (TPSA) is 151 Å². The van der Waals surface area contributed by atoms with Gasteiger partial charge in [0.2, 0.25) is 5.91 Å². The lowest BCUT2D eigenvalue weighted by Crippen LogP contribution is -2.23. The summed E-state index contributed by atoms with van der Waals surface area (Å²) in [6, 6.07) is 5.13. The number of para-hydroxylation sites is 1. The molecule has 2 amide bonds. The lowest BCUT2D eigenvalue weighted by atomic mass is 10.1. The van der Waals surface area contributed by atoms with Crippen LogP contribution in [0, 0.1) is 5.92 Å². The molecule has 182 valence electrons. The number of anilines is 3. The van der Waals surface area contributed by atoms with E-state index in [-0.39, 0.29) is 28.9 Å². The summed E-state index contributed by atoms with van der Waals surface area (Å²) in [5, 5.41) is 25.5. The minimum atomic E-state index is -2.77. The molecule has 0 saturated heterocycles. The van der Waals surface area contributed by atoms with Crippen LogP contribution in [0.3, 0.4) is 0 Å². The molecule has 3 aromatic rings. The molecule has 0 spiro atoms. The predicted octanol–water partition coefficient (Wildman–Crippen LogP) is 2.62. The van der Waals surface area contributed by atoms with E-state index in [1.165, 1.54) is 25.7 Å². The van der Waals surface area contributed by atoms with E-state index in [2.05, 4.69) is 30.8 Å². The number of amides is 2. The average Bonchev–Trinajstić information content (AvgIpc) is 3.69. The molecule has 11 nitrogen and oxygen atoms in total. The SMILES string of the molecule is [2H]C([2H])([2H])NC(=O)c1nncc(NC(=O)C2CC2)c1Nc1cccc(-c2cnc(C(C)(C)O)cn2)c1OC. The van der Waals surface area contributed by atoms with E-state index in [9.17, 15) is 14.7 Å². The molecule has 1 aromatic carbocycles. The van der Waals surface area contributed by atoms with E-state index in [1.54, 1.807) is 32.0 Å². The maximum absolute atomic E-state index is 12.8. The van der Waals surface area contributed by atoms with Crippen molar-refractivity contribution in [2.75, 3.05) is 24.7 Å². The van der Waals surface area contributed by atoms with Crippen LogP contribution in [-0.4, -0.2) is 51.2 Å². The fraction of sp³-hybridized carbons (Fsp3) is 0.333. The second-order valence-corrected chi connectivity index (χ2v) is 8.56. The normalized spacial score (nSPS) is 14.8. The molecule has 1 aliphatic rings. The first-order valence-electron chi connectivity index (χ1n) is 12.4. The number of nitrogens with zero attached hydrogens (tertiary/aromatic N) is 4. The largest absolute Gasteiger partial charge is 0.494 e. The summed E-state index contributed by atoms with van der Waals surface area (Å²) in [4.78, 5) is 34.0. The minimum absolute atomic E-state index is 0.0367. The van der Waals surface area contributed by atoms with Crippen molar-refractivity contribution >= 4 is 28.9 Å². The third-order valence-corrected chi connectivity index (χ3v) is 5.42. The molecule has 35 heavy (non-hydrogen) atoms. The van der Waals surface area contributed by atoms with E-state index in [4.69, 9.17) is 8.85 Å². The van der Waals surface area contributed by atoms with E-state index in [1.807, 2.05) is 5.32 Å². The summed E-state index contributed by atoms with van der Waals surface area (Å²) in [6.07, 6.45) is 5.74. The number of carbonyl (C=O) groups is 2. The average molecular weight is 481 g/mol. The van der Waals surface area contributed by atoms with Gasteiger partial charge in [0.25, 0.3) is 5.91 Å². The van der Waals surface area contributed by atoms with Crippen molar-refractivity contribution in [3.8, 4) is 17.0 Å². The van der Waals surface area contributed by atoms with Crippen molar-refractivity contribution in [1.82, 2.24) is 25.5 Å². The smallest absolute Gasteiger partial charge is 0.273 e. The molecule has 1 fully saturated rings. The number of hydrogen-bond donors (Lipinski definition) is 4. The number of nitrogens with one attached hydrogen (secondary N) is 3. The van der Waals surface area contributed by atoms with Crippen LogP contribution in [0.4, 0.5) is 17.1 Å². The highest BCUT2D eigenvalue weighted by Gasteiger charge is 2.31. The van der Waals surface area contributed by atoms with Crippen molar-refractivity contribution in [3.63, 3.8) is 0 Å². The molecular formula is C24H27N7O4. The molecule has 0 unspecified atom stereocenters. The molecule has 1 aliphatic carbocycles. The minimum Gasteiger partial charge on any atom is -0.494 e. The van der Waals surface area contributed by atoms with Gasteiger partial charge in [0.1, 0.15) is 5.60 Å². The second-order valence-electron chi connectivity index (χ2n) is 8.56. The van der Waals surface area contributed by atoms with Crippen molar-refractivity contribution in [2.24, 2.45) is 5.92 Å². The molecule has 0 bridgehead atoms. The number of ether oxygens (including phenoxy) is 1. The number of hydrogen-bond acceptors (Lipinski definition) is 9. The van der Waals surface area contributed by atoms with Crippen LogP contribution in [-0.2, 0) is 10.4 Å². The van der Waals surface area contributed by atoms with Crippen LogP contribution in [0.2, 0.25) is 0 Å². The molecule has 1 saturated carbocycles. The fourth-order valence-electron chi connectivity index (χ4n) is 3.38. The van der Waals surface area contributed by atoms with Gasteiger partial charge in [0.15, 0.2) is 11.4 Å². The molecule has 2 aromatic heterocycles. The third-order valence-electron chi connectivity index (χ3n) is 5.42. The van der Waals surface area contributed by atoms with Crippen LogP contribution in [0.5, 0.6) is 5.75 Å². The van der Waals surface area contributed by atoms with E-state index < -0.39 is 18.5 Å². The quantitative estimate of drug-likeness (QED) is 0.381. The molecule has 11 heteroatoms. The first-order valence-corrected chi connectivity index (χ1v) is 10.9. The Bertz CT molecular complexity index is 1350. The second kappa shape index (κ2) is 9.63. The van der Waals surface area contributed by atoms with Crippen molar-refractivity contribution in [2.45, 2.75) is 32.3 Å². The maximum atomic E-state index is 12.8. The van der Waals surface area contributed by atoms with E-state index in [0.717, 1.165) is 12.8 Å². The fourth-order valence-corrected chi connectivity index (χ4v) is 3.38. The number of rotatable bonds is 8. The molecule has 2 heterocycles. The molecule has 0 aliphatic heterocycles. The van der Waals surface area contributed by atoms with Gasteiger partial charge in [-0.2, -0.15) is 5.10 Å². The number of benzene rings is 1. The Hall–Kier alpha value is -4.12. The van der Waals surface area contributed by atoms with Gasteiger partial charge in [-0.25, -0.2) is 0 Å². The molecule has 0 atom stereocenters. The number of aliphatic hydroxyl groups is 1. The third kappa shape index (κ3) is 5.19. The molecule has 4 N–H and O–H groups in total. The Kier molecular flexibility index (Phi) is 5.58. The zero-order valence-corrected chi connectivity index (χ0v) is 19.4. The van der Waals surface area contributed by atoms with Crippen LogP contribution >= 0.6 is 0 Å². The molecule has 0 radical (unpaired) electrons. The van der Waals surface area contributed by atoms with Crippen LogP contribution < -0.4 is 20.7 Å². The lowest BCUT2D eigenvalue weighted by molar-refractivity contribution is -0.117. The highest BCUT2D eigenvalue weighted by atomic mass is 16.5. The standard InChI is InChI=1S/C24H27N7O4/c1-24(2,34)18-12-26-16(10-27-18)14-6-5-7-15(21(14)35-4)29-19-17(30-22(32)13-8-9-13)11-28-31-20(19)23(33)25-3/h5-7,10-13,34H,8-9H2,1-4H3,(H,25,33)(H,28,29)(H,30,31,32)/i3D3. The van der Waals surface area contributed by atoms with Gasteiger partial charge in [0.05, 0.1) is 54.2 Å². The van der Waals surface area contributed by atoms with Gasteiger partial charge < -0.3 is 25.8 Å². The van der Waals surface area contributed by atoms with Crippen LogP contribution in [0.25, 0.3) is 11.3 Å². The Morgan fingerprint density at radius 1 is 1.17 bits per heavy atom. The highest BCUT2D eigenvalue weighted by molar-refractivity contribution is 6.05.